The Hall–Kier alpha value is -1.94. The first-order valence-electron chi connectivity index (χ1n) is 15.3. The zero-order chi connectivity index (χ0) is 27.5. The molecule has 3 saturated heterocycles. The van der Waals surface area contributed by atoms with E-state index in [-0.39, 0.29) is 29.5 Å². The number of hydrazine groups is 1. The maximum Gasteiger partial charge on any atom is 0.241 e. The van der Waals surface area contributed by atoms with Gasteiger partial charge in [0.15, 0.2) is 5.65 Å². The fourth-order valence-corrected chi connectivity index (χ4v) is 6.98. The Balaban J connectivity index is 1.33. The summed E-state index contributed by atoms with van der Waals surface area (Å²) in [7, 11) is 0. The number of nitrogens with two attached hydrogens (primary N) is 1. The number of amides is 1. The van der Waals surface area contributed by atoms with E-state index in [9.17, 15) is 4.79 Å². The number of hydrogen-bond donors (Lipinski definition) is 2. The number of aryl methyl sites for hydroxylation is 1. The number of carbonyl (C=O) groups excluding carboxylic acids is 1. The third kappa shape index (κ3) is 6.21. The molecule has 0 bridgehead atoms. The quantitative estimate of drug-likeness (QED) is 0.265. The molecule has 3 aliphatic heterocycles. The summed E-state index contributed by atoms with van der Waals surface area (Å²) in [6.07, 6.45) is 13.4. The first-order valence-corrected chi connectivity index (χ1v) is 15.7. The molecule has 3 N–H and O–H groups in total. The predicted molar refractivity (Wildman–Crippen MR) is 157 cm³/mol. The number of likely N-dealkylation sites (tertiary alicyclic amines) is 1. The molecule has 3 aliphatic rings. The van der Waals surface area contributed by atoms with Crippen molar-refractivity contribution in [3.8, 4) is 0 Å². The molecule has 1 amide bonds. The van der Waals surface area contributed by atoms with E-state index in [4.69, 9.17) is 27.4 Å². The van der Waals surface area contributed by atoms with Gasteiger partial charge in [-0.25, -0.2) is 19.9 Å². The minimum absolute atomic E-state index is 0.0348. The zero-order valence-corrected chi connectivity index (χ0v) is 24.7. The van der Waals surface area contributed by atoms with Gasteiger partial charge in [-0.05, 0) is 58.3 Å². The van der Waals surface area contributed by atoms with Gasteiger partial charge in [-0.1, -0.05) is 33.1 Å². The van der Waals surface area contributed by atoms with Crippen LogP contribution in [0.2, 0.25) is 0 Å². The molecular formula is C29H47ClN8O. The maximum atomic E-state index is 14.0. The monoisotopic (exact) mass is 558 g/mol. The number of rotatable bonds is 9. The lowest BCUT2D eigenvalue weighted by molar-refractivity contribution is -0.141. The van der Waals surface area contributed by atoms with Crippen LogP contribution >= 0.6 is 11.6 Å². The molecule has 39 heavy (non-hydrogen) atoms. The number of nitrogens with one attached hydrogen (secondary N) is 1. The van der Waals surface area contributed by atoms with Gasteiger partial charge in [0.1, 0.15) is 11.9 Å². The van der Waals surface area contributed by atoms with Crippen molar-refractivity contribution in [3.63, 3.8) is 0 Å². The van der Waals surface area contributed by atoms with Crippen molar-refractivity contribution in [1.82, 2.24) is 29.9 Å². The van der Waals surface area contributed by atoms with Crippen molar-refractivity contribution in [3.05, 3.63) is 23.5 Å². The van der Waals surface area contributed by atoms with Gasteiger partial charge < -0.3 is 15.5 Å². The van der Waals surface area contributed by atoms with E-state index in [0.717, 1.165) is 93.7 Å². The molecule has 9 nitrogen and oxygen atoms in total. The van der Waals surface area contributed by atoms with Crippen LogP contribution in [-0.2, 0) is 4.79 Å². The Bertz CT molecular complexity index is 1120. The number of alkyl halides is 1. The molecule has 0 aromatic carbocycles. The van der Waals surface area contributed by atoms with Gasteiger partial charge >= 0.3 is 0 Å². The van der Waals surface area contributed by atoms with Crippen LogP contribution in [0, 0.1) is 6.92 Å². The van der Waals surface area contributed by atoms with E-state index < -0.39 is 0 Å². The van der Waals surface area contributed by atoms with Crippen molar-refractivity contribution >= 4 is 29.0 Å². The summed E-state index contributed by atoms with van der Waals surface area (Å²) in [6.45, 7) is 9.06. The summed E-state index contributed by atoms with van der Waals surface area (Å²) in [5.74, 6) is 1.16. The van der Waals surface area contributed by atoms with E-state index in [0.29, 0.717) is 6.04 Å². The summed E-state index contributed by atoms with van der Waals surface area (Å²) >= 11 is 6.78. The molecule has 5 heterocycles. The Kier molecular flexibility index (Phi) is 9.31. The summed E-state index contributed by atoms with van der Waals surface area (Å²) in [5, 5.41) is 7.12. The second-order valence-electron chi connectivity index (χ2n) is 11.8. The number of hydrogen-bond acceptors (Lipinski definition) is 7. The fraction of sp³-hybridized carbons (Fsp3) is 0.759. The molecule has 2 aromatic heterocycles. The van der Waals surface area contributed by atoms with Gasteiger partial charge in [0.2, 0.25) is 5.91 Å². The number of halogens is 1. The van der Waals surface area contributed by atoms with Gasteiger partial charge in [0.05, 0.1) is 17.2 Å². The molecule has 0 saturated carbocycles. The predicted octanol–water partition coefficient (Wildman–Crippen LogP) is 4.52. The Morgan fingerprint density at radius 3 is 2.77 bits per heavy atom. The number of carbonyl (C=O) groups is 1. The lowest BCUT2D eigenvalue weighted by Gasteiger charge is -2.44. The Morgan fingerprint density at radius 2 is 2.03 bits per heavy atom. The van der Waals surface area contributed by atoms with Crippen molar-refractivity contribution in [2.75, 3.05) is 24.5 Å². The number of piperidine rings is 1. The second kappa shape index (κ2) is 12.7. The van der Waals surface area contributed by atoms with Gasteiger partial charge in [0, 0.05) is 49.5 Å². The largest absolute Gasteiger partial charge is 0.355 e. The molecule has 3 fully saturated rings. The molecule has 5 rings (SSSR count). The lowest BCUT2D eigenvalue weighted by atomic mass is 9.97. The van der Waals surface area contributed by atoms with Crippen LogP contribution in [0.15, 0.2) is 12.3 Å². The van der Waals surface area contributed by atoms with Crippen molar-refractivity contribution in [2.24, 2.45) is 5.73 Å². The fourth-order valence-electron chi connectivity index (χ4n) is 6.64. The van der Waals surface area contributed by atoms with E-state index in [1.807, 2.05) is 4.52 Å². The highest BCUT2D eigenvalue weighted by Gasteiger charge is 2.39. The average molecular weight is 559 g/mol. The van der Waals surface area contributed by atoms with E-state index in [1.54, 1.807) is 0 Å². The smallest absolute Gasteiger partial charge is 0.241 e. The maximum absolute atomic E-state index is 14.0. The Labute approximate surface area is 238 Å². The van der Waals surface area contributed by atoms with Crippen LogP contribution in [0.5, 0.6) is 0 Å². The van der Waals surface area contributed by atoms with Crippen LogP contribution < -0.4 is 16.1 Å². The van der Waals surface area contributed by atoms with E-state index in [2.05, 4.69) is 53.3 Å². The van der Waals surface area contributed by atoms with Crippen LogP contribution in [0.3, 0.4) is 0 Å². The molecule has 10 heteroatoms. The second-order valence-corrected chi connectivity index (χ2v) is 12.3. The van der Waals surface area contributed by atoms with Crippen LogP contribution in [0.25, 0.3) is 5.65 Å². The molecule has 0 aliphatic carbocycles. The van der Waals surface area contributed by atoms with Gasteiger partial charge in [-0.15, -0.1) is 11.6 Å². The molecule has 0 radical (unpaired) electrons. The van der Waals surface area contributed by atoms with Gasteiger partial charge in [-0.3, -0.25) is 4.79 Å². The Morgan fingerprint density at radius 1 is 1.18 bits per heavy atom. The summed E-state index contributed by atoms with van der Waals surface area (Å²) < 4.78 is 1.88. The lowest BCUT2D eigenvalue weighted by Crippen LogP contribution is -2.61. The number of nitrogens with zero attached hydrogens (tertiary/aromatic N) is 6. The summed E-state index contributed by atoms with van der Waals surface area (Å²) in [4.78, 5) is 23.3. The highest BCUT2D eigenvalue weighted by Crippen LogP contribution is 2.34. The molecule has 2 aromatic rings. The third-order valence-corrected chi connectivity index (χ3v) is 9.31. The highest BCUT2D eigenvalue weighted by molar-refractivity contribution is 6.20. The zero-order valence-electron chi connectivity index (χ0n) is 24.0. The van der Waals surface area contributed by atoms with E-state index in [1.165, 1.54) is 19.3 Å². The van der Waals surface area contributed by atoms with E-state index >= 15 is 0 Å². The average Bonchev–Trinajstić information content (AvgIpc) is 3.56. The number of unbranched alkanes of at least 4 members (excludes halogenated alkanes) is 2. The minimum atomic E-state index is -0.246. The van der Waals surface area contributed by atoms with Crippen molar-refractivity contribution < 1.29 is 4.79 Å². The van der Waals surface area contributed by atoms with Gasteiger partial charge in [-0.2, -0.15) is 5.10 Å². The standard InChI is InChI=1S/C29H47ClN8O/c1-4-6-7-10-22(5-2)38-26(30)13-12-23(34-38)29(39)36-15-9-8-11-25(36)24-17-27-32-28(20(3)18-37(27)33-24)35-16-14-21(31)19-35/h17-18,21-23,25-26,34H,4-16,19,31H2,1-3H3. The third-order valence-electron chi connectivity index (χ3n) is 8.88. The molecular weight excluding hydrogens is 512 g/mol. The topological polar surface area (TPSA) is 95.0 Å². The van der Waals surface area contributed by atoms with Crippen LogP contribution in [-0.4, -0.2) is 73.7 Å². The number of aromatic nitrogens is 3. The molecule has 216 valence electrons. The minimum Gasteiger partial charge on any atom is -0.355 e. The first kappa shape index (κ1) is 28.6. The SMILES string of the molecule is CCCCCC(CC)N1NC(C(=O)N2CCCCC2c2cc3nc(N4CCC(N)C4)c(C)cn3n2)CCC1Cl. The van der Waals surface area contributed by atoms with Crippen molar-refractivity contribution in [2.45, 2.75) is 121 Å². The van der Waals surface area contributed by atoms with Crippen LogP contribution in [0.4, 0.5) is 5.82 Å². The van der Waals surface area contributed by atoms with Crippen LogP contribution in [0.1, 0.15) is 102 Å². The normalized spacial score (nSPS) is 27.4. The summed E-state index contributed by atoms with van der Waals surface area (Å²) in [5.41, 5.74) is 12.5. The molecule has 5 atom stereocenters. The first-order chi connectivity index (χ1) is 18.9. The number of anilines is 1. The molecule has 0 spiro atoms. The van der Waals surface area contributed by atoms with Crippen molar-refractivity contribution in [1.29, 1.82) is 0 Å². The van der Waals surface area contributed by atoms with Gasteiger partial charge in [0.25, 0.3) is 0 Å². The number of fused-ring (bicyclic) bond motifs is 1. The summed E-state index contributed by atoms with van der Waals surface area (Å²) in [6, 6.07) is 2.34. The molecule has 5 unspecified atom stereocenters. The highest BCUT2D eigenvalue weighted by atomic mass is 35.5.